The van der Waals surface area contributed by atoms with Gasteiger partial charge >= 0.3 is 0 Å². The molecule has 7 nitrogen and oxygen atoms in total. The zero-order valence-corrected chi connectivity index (χ0v) is 15.2. The van der Waals surface area contributed by atoms with Crippen molar-refractivity contribution in [1.29, 1.82) is 0 Å². The van der Waals surface area contributed by atoms with E-state index in [0.29, 0.717) is 23.1 Å². The maximum atomic E-state index is 12.0. The largest absolute Gasteiger partial charge is 0.438 e. The van der Waals surface area contributed by atoms with Gasteiger partial charge in [0.25, 0.3) is 0 Å². The molecule has 26 heavy (non-hydrogen) atoms. The Hall–Kier alpha value is -3.22. The molecule has 1 aromatic carbocycles. The molecule has 0 fully saturated rings. The van der Waals surface area contributed by atoms with E-state index < -0.39 is 5.41 Å². The monoisotopic (exact) mass is 351 g/mol. The number of aromatic nitrogens is 4. The second-order valence-corrected chi connectivity index (χ2v) is 6.96. The van der Waals surface area contributed by atoms with Crippen molar-refractivity contribution < 1.29 is 9.53 Å². The summed E-state index contributed by atoms with van der Waals surface area (Å²) in [6.45, 7) is 7.51. The van der Waals surface area contributed by atoms with Crippen LogP contribution in [0.2, 0.25) is 0 Å². The zero-order chi connectivity index (χ0) is 18.7. The molecule has 2 heterocycles. The van der Waals surface area contributed by atoms with E-state index in [1.165, 1.54) is 0 Å². The lowest BCUT2D eigenvalue weighted by Crippen LogP contribution is -2.27. The van der Waals surface area contributed by atoms with E-state index in [9.17, 15) is 4.79 Å². The van der Waals surface area contributed by atoms with Crippen LogP contribution in [0.4, 0.5) is 5.69 Å². The van der Waals surface area contributed by atoms with E-state index in [4.69, 9.17) is 4.74 Å². The number of benzene rings is 1. The standard InChI is InChI=1S/C19H21N5O2/c1-13-11-12-24(23-13)16-9-10-17(22-21-16)26-15-7-5-14(6-8-15)20-18(25)19(2,3)4/h5-12H,1-4H3,(H,20,25). The molecule has 3 aromatic rings. The van der Waals surface area contributed by atoms with Crippen molar-refractivity contribution in [2.24, 2.45) is 5.41 Å². The van der Waals surface area contributed by atoms with Crippen LogP contribution < -0.4 is 10.1 Å². The number of amides is 1. The summed E-state index contributed by atoms with van der Waals surface area (Å²) in [6, 6.07) is 12.5. The van der Waals surface area contributed by atoms with Crippen LogP contribution in [0.1, 0.15) is 26.5 Å². The molecule has 0 aliphatic heterocycles. The fourth-order valence-electron chi connectivity index (χ4n) is 2.08. The van der Waals surface area contributed by atoms with Gasteiger partial charge in [-0.25, -0.2) is 4.68 Å². The van der Waals surface area contributed by atoms with Crippen molar-refractivity contribution in [1.82, 2.24) is 20.0 Å². The van der Waals surface area contributed by atoms with Gasteiger partial charge in [-0.15, -0.1) is 10.2 Å². The predicted octanol–water partition coefficient (Wildman–Crippen LogP) is 3.75. The molecule has 0 radical (unpaired) electrons. The predicted molar refractivity (Wildman–Crippen MR) is 98.5 cm³/mol. The van der Waals surface area contributed by atoms with Crippen LogP contribution in [-0.2, 0) is 4.79 Å². The van der Waals surface area contributed by atoms with E-state index in [0.717, 1.165) is 5.69 Å². The molecule has 0 saturated carbocycles. The Morgan fingerprint density at radius 1 is 1.04 bits per heavy atom. The summed E-state index contributed by atoms with van der Waals surface area (Å²) < 4.78 is 7.34. The van der Waals surface area contributed by atoms with Crippen molar-refractivity contribution >= 4 is 11.6 Å². The zero-order valence-electron chi connectivity index (χ0n) is 15.2. The van der Waals surface area contributed by atoms with Gasteiger partial charge in [0, 0.05) is 23.4 Å². The number of carbonyl (C=O) groups is 1. The van der Waals surface area contributed by atoms with Crippen LogP contribution in [-0.4, -0.2) is 25.9 Å². The van der Waals surface area contributed by atoms with Gasteiger partial charge in [-0.1, -0.05) is 20.8 Å². The number of carbonyl (C=O) groups excluding carboxylic acids is 1. The van der Waals surface area contributed by atoms with Crippen LogP contribution in [0.15, 0.2) is 48.7 Å². The fourth-order valence-corrected chi connectivity index (χ4v) is 2.08. The van der Waals surface area contributed by atoms with Crippen LogP contribution in [0.25, 0.3) is 5.82 Å². The molecule has 1 N–H and O–H groups in total. The van der Waals surface area contributed by atoms with Crippen molar-refractivity contribution in [2.75, 3.05) is 5.32 Å². The normalized spacial score (nSPS) is 11.2. The lowest BCUT2D eigenvalue weighted by atomic mass is 9.95. The molecule has 7 heteroatoms. The first-order valence-corrected chi connectivity index (χ1v) is 8.27. The number of nitrogens with zero attached hydrogens (tertiary/aromatic N) is 4. The van der Waals surface area contributed by atoms with E-state index in [-0.39, 0.29) is 5.91 Å². The molecule has 3 rings (SSSR count). The minimum atomic E-state index is -0.445. The van der Waals surface area contributed by atoms with Gasteiger partial charge in [0.1, 0.15) is 5.75 Å². The van der Waals surface area contributed by atoms with Crippen molar-refractivity contribution in [2.45, 2.75) is 27.7 Å². The second-order valence-electron chi connectivity index (χ2n) is 6.96. The first-order chi connectivity index (χ1) is 12.3. The quantitative estimate of drug-likeness (QED) is 0.774. The fraction of sp³-hybridized carbons (Fsp3) is 0.263. The van der Waals surface area contributed by atoms with Gasteiger partial charge in [-0.3, -0.25) is 4.79 Å². The molecule has 134 valence electrons. The van der Waals surface area contributed by atoms with Gasteiger partial charge in [-0.2, -0.15) is 5.10 Å². The molecule has 0 atom stereocenters. The highest BCUT2D eigenvalue weighted by molar-refractivity contribution is 5.94. The smallest absolute Gasteiger partial charge is 0.238 e. The van der Waals surface area contributed by atoms with E-state index >= 15 is 0 Å². The molecule has 0 aliphatic carbocycles. The summed E-state index contributed by atoms with van der Waals surface area (Å²) in [5, 5.41) is 15.3. The summed E-state index contributed by atoms with van der Waals surface area (Å²) >= 11 is 0. The van der Waals surface area contributed by atoms with Crippen LogP contribution >= 0.6 is 0 Å². The lowest BCUT2D eigenvalue weighted by Gasteiger charge is -2.17. The maximum Gasteiger partial charge on any atom is 0.238 e. The molecule has 2 aromatic heterocycles. The highest BCUT2D eigenvalue weighted by Gasteiger charge is 2.21. The Morgan fingerprint density at radius 2 is 1.77 bits per heavy atom. The van der Waals surface area contributed by atoms with Crippen LogP contribution in [0.5, 0.6) is 11.6 Å². The average Bonchev–Trinajstić information content (AvgIpc) is 3.03. The molecule has 0 unspecified atom stereocenters. The Morgan fingerprint density at radius 3 is 2.31 bits per heavy atom. The summed E-state index contributed by atoms with van der Waals surface area (Å²) in [5.74, 6) is 1.56. The summed E-state index contributed by atoms with van der Waals surface area (Å²) in [6.07, 6.45) is 1.82. The molecule has 0 bridgehead atoms. The van der Waals surface area contributed by atoms with E-state index in [1.807, 2.05) is 40.0 Å². The first-order valence-electron chi connectivity index (χ1n) is 8.27. The number of ether oxygens (including phenoxy) is 1. The average molecular weight is 351 g/mol. The Kier molecular flexibility index (Phi) is 4.71. The first kappa shape index (κ1) is 17.6. The number of hydrogen-bond donors (Lipinski definition) is 1. The Balaban J connectivity index is 1.65. The van der Waals surface area contributed by atoms with Crippen molar-refractivity contribution in [3.8, 4) is 17.4 Å². The molecule has 1 amide bonds. The van der Waals surface area contributed by atoms with Gasteiger partial charge in [-0.05, 0) is 43.3 Å². The van der Waals surface area contributed by atoms with E-state index in [1.54, 1.807) is 41.1 Å². The number of hydrogen-bond acceptors (Lipinski definition) is 5. The topological polar surface area (TPSA) is 81.9 Å². The number of anilines is 1. The van der Waals surface area contributed by atoms with Crippen LogP contribution in [0.3, 0.4) is 0 Å². The number of rotatable bonds is 4. The summed E-state index contributed by atoms with van der Waals surface area (Å²) in [5.41, 5.74) is 1.18. The van der Waals surface area contributed by atoms with Gasteiger partial charge in [0.2, 0.25) is 11.8 Å². The number of aryl methyl sites for hydroxylation is 1. The van der Waals surface area contributed by atoms with Crippen molar-refractivity contribution in [3.05, 3.63) is 54.4 Å². The van der Waals surface area contributed by atoms with E-state index in [2.05, 4.69) is 20.6 Å². The highest BCUT2D eigenvalue weighted by atomic mass is 16.5. The third-order valence-corrected chi connectivity index (χ3v) is 3.60. The number of nitrogens with one attached hydrogen (secondary N) is 1. The van der Waals surface area contributed by atoms with Crippen molar-refractivity contribution in [3.63, 3.8) is 0 Å². The van der Waals surface area contributed by atoms with Gasteiger partial charge < -0.3 is 10.1 Å². The van der Waals surface area contributed by atoms with Gasteiger partial charge in [0.15, 0.2) is 5.82 Å². The molecule has 0 aliphatic rings. The minimum absolute atomic E-state index is 0.0403. The molecule has 0 spiro atoms. The van der Waals surface area contributed by atoms with Crippen LogP contribution in [0, 0.1) is 12.3 Å². The second kappa shape index (κ2) is 6.95. The molecular weight excluding hydrogens is 330 g/mol. The maximum absolute atomic E-state index is 12.0. The SMILES string of the molecule is Cc1ccn(-c2ccc(Oc3ccc(NC(=O)C(C)(C)C)cc3)nn2)n1. The molecular formula is C19H21N5O2. The third kappa shape index (κ3) is 4.24. The highest BCUT2D eigenvalue weighted by Crippen LogP contribution is 2.23. The lowest BCUT2D eigenvalue weighted by molar-refractivity contribution is -0.123. The minimum Gasteiger partial charge on any atom is -0.438 e. The molecule has 0 saturated heterocycles. The summed E-state index contributed by atoms with van der Waals surface area (Å²) in [7, 11) is 0. The summed E-state index contributed by atoms with van der Waals surface area (Å²) in [4.78, 5) is 12.0. The Labute approximate surface area is 152 Å². The third-order valence-electron chi connectivity index (χ3n) is 3.60. The van der Waals surface area contributed by atoms with Gasteiger partial charge in [0.05, 0.1) is 5.69 Å². The Bertz CT molecular complexity index is 893.